The van der Waals surface area contributed by atoms with E-state index in [1.807, 2.05) is 0 Å². The minimum atomic E-state index is -1.20. The molecule has 2 aliphatic carbocycles. The third-order valence-corrected chi connectivity index (χ3v) is 5.14. The third-order valence-electron chi connectivity index (χ3n) is 5.14. The number of carboxylic acid groups (broad SMARTS) is 1. The summed E-state index contributed by atoms with van der Waals surface area (Å²) in [6.45, 7) is 0. The molecule has 19 heavy (non-hydrogen) atoms. The van der Waals surface area contributed by atoms with Gasteiger partial charge in [0, 0.05) is 5.41 Å². The largest absolute Gasteiger partial charge is 0.480 e. The Kier molecular flexibility index (Phi) is 2.68. The van der Waals surface area contributed by atoms with Gasteiger partial charge in [0.15, 0.2) is 0 Å². The summed E-state index contributed by atoms with van der Waals surface area (Å²) >= 11 is 0. The molecule has 0 saturated heterocycles. The van der Waals surface area contributed by atoms with Gasteiger partial charge in [-0.25, -0.2) is 4.39 Å². The SMILES string of the molecule is NC1(C(=O)O)CC2CCC1(Cc1ccccc1F)C2. The monoisotopic (exact) mass is 263 g/mol. The van der Waals surface area contributed by atoms with E-state index >= 15 is 0 Å². The number of rotatable bonds is 3. The van der Waals surface area contributed by atoms with Crippen molar-refractivity contribution < 1.29 is 14.3 Å². The molecule has 0 spiro atoms. The fourth-order valence-electron chi connectivity index (χ4n) is 4.13. The average Bonchev–Trinajstić information content (AvgIpc) is 2.88. The maximum absolute atomic E-state index is 13.8. The van der Waals surface area contributed by atoms with Crippen molar-refractivity contribution in [3.63, 3.8) is 0 Å². The molecule has 102 valence electrons. The number of carbonyl (C=O) groups is 1. The summed E-state index contributed by atoms with van der Waals surface area (Å²) in [5.74, 6) is -0.820. The molecule has 2 fully saturated rings. The number of fused-ring (bicyclic) bond motifs is 2. The summed E-state index contributed by atoms with van der Waals surface area (Å²) < 4.78 is 13.8. The Morgan fingerprint density at radius 1 is 1.42 bits per heavy atom. The summed E-state index contributed by atoms with van der Waals surface area (Å²) in [4.78, 5) is 11.6. The van der Waals surface area contributed by atoms with Crippen LogP contribution in [0.1, 0.15) is 31.2 Å². The molecule has 0 amide bonds. The van der Waals surface area contributed by atoms with E-state index in [-0.39, 0.29) is 5.82 Å². The van der Waals surface area contributed by atoms with E-state index in [1.165, 1.54) is 6.07 Å². The van der Waals surface area contributed by atoms with E-state index in [1.54, 1.807) is 18.2 Å². The third kappa shape index (κ3) is 1.70. The lowest BCUT2D eigenvalue weighted by molar-refractivity contribution is -0.148. The molecule has 1 aromatic carbocycles. The predicted octanol–water partition coefficient (Wildman–Crippen LogP) is 2.34. The highest BCUT2D eigenvalue weighted by molar-refractivity contribution is 5.81. The second-order valence-electron chi connectivity index (χ2n) is 6.14. The first-order valence-corrected chi connectivity index (χ1v) is 6.73. The molecule has 3 N–H and O–H groups in total. The van der Waals surface area contributed by atoms with Crippen LogP contribution in [0.2, 0.25) is 0 Å². The summed E-state index contributed by atoms with van der Waals surface area (Å²) in [6, 6.07) is 6.59. The first-order chi connectivity index (χ1) is 8.97. The molecule has 3 nitrogen and oxygen atoms in total. The Hall–Kier alpha value is -1.42. The highest BCUT2D eigenvalue weighted by Gasteiger charge is 2.63. The van der Waals surface area contributed by atoms with Gasteiger partial charge in [0.2, 0.25) is 0 Å². The Balaban J connectivity index is 1.98. The molecular formula is C15H18FNO2. The number of hydrogen-bond donors (Lipinski definition) is 2. The van der Waals surface area contributed by atoms with Crippen molar-refractivity contribution in [1.29, 1.82) is 0 Å². The van der Waals surface area contributed by atoms with Crippen LogP contribution >= 0.6 is 0 Å². The second-order valence-corrected chi connectivity index (χ2v) is 6.14. The van der Waals surface area contributed by atoms with Crippen LogP contribution in [0.5, 0.6) is 0 Å². The quantitative estimate of drug-likeness (QED) is 0.879. The first-order valence-electron chi connectivity index (χ1n) is 6.73. The molecule has 3 atom stereocenters. The molecule has 3 unspecified atom stereocenters. The van der Waals surface area contributed by atoms with Crippen molar-refractivity contribution in [3.05, 3.63) is 35.6 Å². The summed E-state index contributed by atoms with van der Waals surface area (Å²) in [5, 5.41) is 9.49. The molecular weight excluding hydrogens is 245 g/mol. The molecule has 1 aromatic rings. The van der Waals surface area contributed by atoms with Crippen LogP contribution in [0.25, 0.3) is 0 Å². The van der Waals surface area contributed by atoms with E-state index in [0.29, 0.717) is 24.3 Å². The van der Waals surface area contributed by atoms with Gasteiger partial charge >= 0.3 is 5.97 Å². The highest BCUT2D eigenvalue weighted by atomic mass is 19.1. The summed E-state index contributed by atoms with van der Waals surface area (Å²) in [5.41, 5.74) is 5.11. The molecule has 2 saturated carbocycles. The minimum absolute atomic E-state index is 0.264. The average molecular weight is 263 g/mol. The van der Waals surface area contributed by atoms with Crippen molar-refractivity contribution in [2.75, 3.05) is 0 Å². The van der Waals surface area contributed by atoms with Gasteiger partial charge in [-0.05, 0) is 49.7 Å². The number of benzene rings is 1. The second kappa shape index (κ2) is 4.04. The van der Waals surface area contributed by atoms with Crippen LogP contribution in [0.3, 0.4) is 0 Å². The van der Waals surface area contributed by atoms with Gasteiger partial charge in [-0.2, -0.15) is 0 Å². The number of nitrogens with two attached hydrogens (primary N) is 1. The lowest BCUT2D eigenvalue weighted by Crippen LogP contribution is -2.59. The fraction of sp³-hybridized carbons (Fsp3) is 0.533. The Labute approximate surface area is 111 Å². The van der Waals surface area contributed by atoms with Crippen LogP contribution in [0.4, 0.5) is 4.39 Å². The molecule has 3 rings (SSSR count). The maximum atomic E-state index is 13.8. The maximum Gasteiger partial charge on any atom is 0.324 e. The lowest BCUT2D eigenvalue weighted by atomic mass is 9.66. The fourth-order valence-corrected chi connectivity index (χ4v) is 4.13. The highest BCUT2D eigenvalue weighted by Crippen LogP contribution is 2.60. The van der Waals surface area contributed by atoms with E-state index in [2.05, 4.69) is 0 Å². The Bertz CT molecular complexity index is 533. The lowest BCUT2D eigenvalue weighted by Gasteiger charge is -2.41. The van der Waals surface area contributed by atoms with Crippen LogP contribution in [0.15, 0.2) is 24.3 Å². The van der Waals surface area contributed by atoms with Crippen LogP contribution in [0, 0.1) is 17.2 Å². The zero-order chi connectivity index (χ0) is 13.7. The molecule has 0 radical (unpaired) electrons. The molecule has 4 heteroatoms. The Morgan fingerprint density at radius 2 is 2.16 bits per heavy atom. The van der Waals surface area contributed by atoms with Gasteiger partial charge < -0.3 is 10.8 Å². The van der Waals surface area contributed by atoms with Crippen LogP contribution in [-0.2, 0) is 11.2 Å². The number of hydrogen-bond acceptors (Lipinski definition) is 2. The van der Waals surface area contributed by atoms with Crippen molar-refractivity contribution in [2.45, 2.75) is 37.6 Å². The molecule has 2 aliphatic rings. The van der Waals surface area contributed by atoms with E-state index < -0.39 is 16.9 Å². The van der Waals surface area contributed by atoms with Crippen molar-refractivity contribution >= 4 is 5.97 Å². The molecule has 2 bridgehead atoms. The van der Waals surface area contributed by atoms with Crippen molar-refractivity contribution in [3.8, 4) is 0 Å². The summed E-state index contributed by atoms with van der Waals surface area (Å²) in [7, 11) is 0. The smallest absolute Gasteiger partial charge is 0.324 e. The van der Waals surface area contributed by atoms with Gasteiger partial charge in [-0.15, -0.1) is 0 Å². The standard InChI is InChI=1S/C15H18FNO2/c16-12-4-2-1-3-11(12)9-14-6-5-10(7-14)8-15(14,17)13(18)19/h1-4,10H,5-9,17H2,(H,18,19). The van der Waals surface area contributed by atoms with Gasteiger partial charge in [0.25, 0.3) is 0 Å². The van der Waals surface area contributed by atoms with E-state index in [4.69, 9.17) is 5.73 Å². The van der Waals surface area contributed by atoms with Gasteiger partial charge in [0.1, 0.15) is 11.4 Å². The molecule has 0 heterocycles. The normalized spacial score (nSPS) is 36.6. The van der Waals surface area contributed by atoms with E-state index in [9.17, 15) is 14.3 Å². The zero-order valence-corrected chi connectivity index (χ0v) is 10.7. The van der Waals surface area contributed by atoms with Crippen LogP contribution in [-0.4, -0.2) is 16.6 Å². The van der Waals surface area contributed by atoms with Crippen molar-refractivity contribution in [2.24, 2.45) is 17.1 Å². The van der Waals surface area contributed by atoms with Gasteiger partial charge in [-0.3, -0.25) is 4.79 Å². The first kappa shape index (κ1) is 12.6. The predicted molar refractivity (Wildman–Crippen MR) is 69.0 cm³/mol. The molecule has 0 aromatic heterocycles. The molecule has 0 aliphatic heterocycles. The zero-order valence-electron chi connectivity index (χ0n) is 10.7. The van der Waals surface area contributed by atoms with Crippen LogP contribution < -0.4 is 5.73 Å². The van der Waals surface area contributed by atoms with Crippen molar-refractivity contribution in [1.82, 2.24) is 0 Å². The van der Waals surface area contributed by atoms with Gasteiger partial charge in [0.05, 0.1) is 0 Å². The Morgan fingerprint density at radius 3 is 2.79 bits per heavy atom. The van der Waals surface area contributed by atoms with Gasteiger partial charge in [-0.1, -0.05) is 18.2 Å². The van der Waals surface area contributed by atoms with E-state index in [0.717, 1.165) is 19.3 Å². The number of halogens is 1. The summed E-state index contributed by atoms with van der Waals surface area (Å²) in [6.07, 6.45) is 3.56. The number of carboxylic acids is 1. The topological polar surface area (TPSA) is 63.3 Å². The number of aliphatic carboxylic acids is 1. The minimum Gasteiger partial charge on any atom is -0.480 e.